The molecular weight excluding hydrogens is 358 g/mol. The monoisotopic (exact) mass is 381 g/mol. The maximum Gasteiger partial charge on any atom is 0.266 e. The van der Waals surface area contributed by atoms with Crippen LogP contribution in [0.25, 0.3) is 16.6 Å². The van der Waals surface area contributed by atoms with E-state index in [1.807, 2.05) is 49.4 Å². The zero-order valence-corrected chi connectivity index (χ0v) is 16.8. The summed E-state index contributed by atoms with van der Waals surface area (Å²) in [6, 6.07) is 15.1. The molecule has 1 aromatic heterocycles. The second-order valence-corrected chi connectivity index (χ2v) is 7.84. The van der Waals surface area contributed by atoms with Crippen molar-refractivity contribution in [3.05, 3.63) is 64.4 Å². The Labute approximate surface area is 163 Å². The van der Waals surface area contributed by atoms with E-state index in [1.165, 1.54) is 11.8 Å². The Morgan fingerprint density at radius 1 is 1.15 bits per heavy atom. The summed E-state index contributed by atoms with van der Waals surface area (Å²) in [5, 5.41) is 0.745. The zero-order valence-electron chi connectivity index (χ0n) is 16.0. The summed E-state index contributed by atoms with van der Waals surface area (Å²) in [7, 11) is 3.46. The maximum atomic E-state index is 13.3. The lowest BCUT2D eigenvalue weighted by molar-refractivity contribution is -0.127. The lowest BCUT2D eigenvalue weighted by atomic mass is 10.1. The van der Waals surface area contributed by atoms with E-state index < -0.39 is 0 Å². The number of hydrogen-bond donors (Lipinski definition) is 0. The minimum atomic E-state index is -0.354. The normalized spacial score (nSPS) is 12.1. The number of rotatable bonds is 5. The molecule has 0 fully saturated rings. The molecule has 0 aliphatic carbocycles. The topological polar surface area (TPSA) is 55.2 Å². The zero-order chi connectivity index (χ0) is 19.6. The maximum absolute atomic E-state index is 13.3. The molecule has 0 radical (unpaired) electrons. The number of aryl methyl sites for hydroxylation is 1. The second kappa shape index (κ2) is 7.96. The number of para-hydroxylation sites is 2. The molecule has 6 heteroatoms. The summed E-state index contributed by atoms with van der Waals surface area (Å²) in [4.78, 5) is 32.0. The van der Waals surface area contributed by atoms with Gasteiger partial charge in [-0.15, -0.1) is 0 Å². The van der Waals surface area contributed by atoms with E-state index >= 15 is 0 Å². The number of fused-ring (bicyclic) bond motifs is 1. The summed E-state index contributed by atoms with van der Waals surface area (Å²) >= 11 is 1.31. The van der Waals surface area contributed by atoms with Gasteiger partial charge in [0.15, 0.2) is 5.16 Å². The van der Waals surface area contributed by atoms with Crippen LogP contribution in [0.2, 0.25) is 0 Å². The highest BCUT2D eigenvalue weighted by Gasteiger charge is 2.22. The van der Waals surface area contributed by atoms with Gasteiger partial charge in [-0.1, -0.05) is 49.0 Å². The fourth-order valence-electron chi connectivity index (χ4n) is 3.00. The van der Waals surface area contributed by atoms with E-state index in [2.05, 4.69) is 6.92 Å². The van der Waals surface area contributed by atoms with Crippen molar-refractivity contribution in [3.8, 4) is 5.69 Å². The van der Waals surface area contributed by atoms with Crippen LogP contribution in [0.4, 0.5) is 0 Å². The van der Waals surface area contributed by atoms with Crippen LogP contribution in [0, 0.1) is 0 Å². The van der Waals surface area contributed by atoms with Gasteiger partial charge < -0.3 is 4.90 Å². The highest BCUT2D eigenvalue weighted by Crippen LogP contribution is 2.27. The van der Waals surface area contributed by atoms with Gasteiger partial charge in [0.05, 0.1) is 21.8 Å². The van der Waals surface area contributed by atoms with Crippen LogP contribution in [0.3, 0.4) is 0 Å². The number of hydrogen-bond acceptors (Lipinski definition) is 4. The summed E-state index contributed by atoms with van der Waals surface area (Å²) in [5.74, 6) is -0.0160. The van der Waals surface area contributed by atoms with Gasteiger partial charge >= 0.3 is 0 Å². The smallest absolute Gasteiger partial charge is 0.266 e. The van der Waals surface area contributed by atoms with E-state index in [-0.39, 0.29) is 16.7 Å². The predicted molar refractivity (Wildman–Crippen MR) is 111 cm³/mol. The highest BCUT2D eigenvalue weighted by atomic mass is 32.2. The molecular formula is C21H23N3O2S. The lowest BCUT2D eigenvalue weighted by Gasteiger charge is -2.19. The van der Waals surface area contributed by atoms with Crippen molar-refractivity contribution in [2.45, 2.75) is 30.7 Å². The molecule has 0 saturated heterocycles. The molecule has 0 aliphatic heterocycles. The van der Waals surface area contributed by atoms with Crippen LogP contribution < -0.4 is 5.56 Å². The number of amides is 1. The highest BCUT2D eigenvalue weighted by molar-refractivity contribution is 8.00. The van der Waals surface area contributed by atoms with Crippen molar-refractivity contribution in [1.82, 2.24) is 14.5 Å². The molecule has 1 heterocycles. The first-order valence-electron chi connectivity index (χ1n) is 8.92. The average molecular weight is 382 g/mol. The number of nitrogens with zero attached hydrogens (tertiary/aromatic N) is 3. The van der Waals surface area contributed by atoms with Crippen molar-refractivity contribution in [2.75, 3.05) is 14.1 Å². The van der Waals surface area contributed by atoms with Crippen molar-refractivity contribution >= 4 is 28.6 Å². The Hall–Kier alpha value is -2.60. The van der Waals surface area contributed by atoms with Gasteiger partial charge in [-0.25, -0.2) is 4.98 Å². The number of benzene rings is 2. The van der Waals surface area contributed by atoms with Crippen LogP contribution in [0.15, 0.2) is 58.5 Å². The molecule has 5 nitrogen and oxygen atoms in total. The fourth-order valence-corrected chi connectivity index (χ4v) is 4.07. The van der Waals surface area contributed by atoms with E-state index in [0.717, 1.165) is 17.7 Å². The molecule has 0 bridgehead atoms. The van der Waals surface area contributed by atoms with E-state index in [9.17, 15) is 9.59 Å². The SMILES string of the molecule is CCc1ccccc1-n1c(S[C@H](C)C(=O)N(C)C)nc2ccccc2c1=O. The Morgan fingerprint density at radius 3 is 2.52 bits per heavy atom. The molecule has 0 N–H and O–H groups in total. The molecule has 0 aliphatic rings. The Morgan fingerprint density at radius 2 is 1.81 bits per heavy atom. The number of aromatic nitrogens is 2. The summed E-state index contributed by atoms with van der Waals surface area (Å²) < 4.78 is 1.64. The van der Waals surface area contributed by atoms with E-state index in [1.54, 1.807) is 29.6 Å². The van der Waals surface area contributed by atoms with Crippen LogP contribution >= 0.6 is 11.8 Å². The van der Waals surface area contributed by atoms with E-state index in [4.69, 9.17) is 4.98 Å². The van der Waals surface area contributed by atoms with Crippen molar-refractivity contribution in [2.24, 2.45) is 0 Å². The molecule has 140 valence electrons. The fraction of sp³-hybridized carbons (Fsp3) is 0.286. The lowest BCUT2D eigenvalue weighted by Crippen LogP contribution is -2.31. The van der Waals surface area contributed by atoms with Gasteiger partial charge in [-0.3, -0.25) is 14.2 Å². The predicted octanol–water partition coefficient (Wildman–Crippen LogP) is 3.52. The third-order valence-corrected chi connectivity index (χ3v) is 5.47. The second-order valence-electron chi connectivity index (χ2n) is 6.53. The van der Waals surface area contributed by atoms with Crippen LogP contribution in [-0.4, -0.2) is 39.7 Å². The molecule has 1 amide bonds. The largest absolute Gasteiger partial charge is 0.348 e. The van der Waals surface area contributed by atoms with Crippen LogP contribution in [0.5, 0.6) is 0 Å². The number of thioether (sulfide) groups is 1. The molecule has 2 aromatic carbocycles. The van der Waals surface area contributed by atoms with Gasteiger partial charge in [0.1, 0.15) is 0 Å². The minimum absolute atomic E-state index is 0.0160. The standard InChI is InChI=1S/C21H23N3O2S/c1-5-15-10-6-9-13-18(15)24-20(26)16-11-7-8-12-17(16)22-21(24)27-14(2)19(25)23(3)4/h6-14H,5H2,1-4H3/t14-/m1/s1. The first kappa shape index (κ1) is 19.2. The molecule has 0 saturated carbocycles. The summed E-state index contributed by atoms with van der Waals surface area (Å²) in [5.41, 5.74) is 2.40. The first-order valence-corrected chi connectivity index (χ1v) is 9.80. The van der Waals surface area contributed by atoms with Gasteiger partial charge in [0, 0.05) is 14.1 Å². The van der Waals surface area contributed by atoms with Crippen molar-refractivity contribution < 1.29 is 4.79 Å². The van der Waals surface area contributed by atoms with E-state index in [0.29, 0.717) is 16.1 Å². The summed E-state index contributed by atoms with van der Waals surface area (Å²) in [6.07, 6.45) is 0.797. The molecule has 0 unspecified atom stereocenters. The average Bonchev–Trinajstić information content (AvgIpc) is 2.67. The Bertz CT molecular complexity index is 1040. The third-order valence-electron chi connectivity index (χ3n) is 4.43. The first-order chi connectivity index (χ1) is 12.9. The molecule has 3 rings (SSSR count). The molecule has 0 spiro atoms. The number of carbonyl (C=O) groups excluding carboxylic acids is 1. The third kappa shape index (κ3) is 3.76. The Kier molecular flexibility index (Phi) is 5.65. The quantitative estimate of drug-likeness (QED) is 0.501. The van der Waals surface area contributed by atoms with Crippen LogP contribution in [0.1, 0.15) is 19.4 Å². The van der Waals surface area contributed by atoms with Gasteiger partial charge in [0.2, 0.25) is 5.91 Å². The van der Waals surface area contributed by atoms with Crippen molar-refractivity contribution in [3.63, 3.8) is 0 Å². The van der Waals surface area contributed by atoms with Gasteiger partial charge in [-0.05, 0) is 37.1 Å². The molecule has 3 aromatic rings. The minimum Gasteiger partial charge on any atom is -0.348 e. The van der Waals surface area contributed by atoms with Gasteiger partial charge in [0.25, 0.3) is 5.56 Å². The molecule has 1 atom stereocenters. The van der Waals surface area contributed by atoms with Crippen molar-refractivity contribution in [1.29, 1.82) is 0 Å². The van der Waals surface area contributed by atoms with Crippen LogP contribution in [-0.2, 0) is 11.2 Å². The molecule has 27 heavy (non-hydrogen) atoms. The van der Waals surface area contributed by atoms with Gasteiger partial charge in [-0.2, -0.15) is 0 Å². The summed E-state index contributed by atoms with van der Waals surface area (Å²) in [6.45, 7) is 3.90. The number of carbonyl (C=O) groups is 1. The Balaban J connectivity index is 2.25.